The second-order valence-electron chi connectivity index (χ2n) is 8.47. The third-order valence-electron chi connectivity index (χ3n) is 6.60. The van der Waals surface area contributed by atoms with Crippen molar-refractivity contribution >= 4 is 39.8 Å². The molecule has 0 aliphatic carbocycles. The van der Waals surface area contributed by atoms with Crippen LogP contribution in [0, 0.1) is 11.8 Å². The molecule has 1 amide bonds. The molecule has 0 spiro atoms. The number of aliphatic hydroxyl groups is 2. The van der Waals surface area contributed by atoms with E-state index in [1.807, 2.05) is 16.7 Å². The number of hydrogen-bond acceptors (Lipinski definition) is 8. The number of fused-ring (bicyclic) bond motifs is 2. The predicted molar refractivity (Wildman–Crippen MR) is 115 cm³/mol. The van der Waals surface area contributed by atoms with Crippen molar-refractivity contribution in [2.75, 3.05) is 6.54 Å². The summed E-state index contributed by atoms with van der Waals surface area (Å²) in [5.74, 6) is -2.15. The number of nitrogens with zero attached hydrogens (tertiary/aromatic N) is 3. The first-order valence-corrected chi connectivity index (χ1v) is 12.0. The van der Waals surface area contributed by atoms with Gasteiger partial charge in [0.1, 0.15) is 23.0 Å². The fourth-order valence-corrected chi connectivity index (χ4v) is 7.46. The van der Waals surface area contributed by atoms with Gasteiger partial charge in [-0.25, -0.2) is 9.78 Å². The predicted octanol–water partition coefficient (Wildman–Crippen LogP) is 1.05. The summed E-state index contributed by atoms with van der Waals surface area (Å²) >= 11 is 3.00. The lowest BCUT2D eigenvalue weighted by atomic mass is 9.79. The smallest absolute Gasteiger partial charge is 0.353 e. The highest BCUT2D eigenvalue weighted by Gasteiger charge is 2.60. The molecule has 2 aromatic rings. The highest BCUT2D eigenvalue weighted by atomic mass is 32.2. The van der Waals surface area contributed by atoms with Crippen LogP contribution in [0.25, 0.3) is 4.83 Å². The topological polar surface area (TPSA) is 127 Å². The van der Waals surface area contributed by atoms with Gasteiger partial charge in [-0.2, -0.15) is 0 Å². The highest BCUT2D eigenvalue weighted by molar-refractivity contribution is 8.03. The van der Waals surface area contributed by atoms with Gasteiger partial charge in [0, 0.05) is 34.0 Å². The van der Waals surface area contributed by atoms with Crippen molar-refractivity contribution in [1.82, 2.24) is 19.6 Å². The first-order valence-electron chi connectivity index (χ1n) is 10.3. The molecule has 31 heavy (non-hydrogen) atoms. The Hall–Kier alpha value is -1.92. The molecule has 0 bridgehead atoms. The molecule has 1 unspecified atom stereocenters. The molecule has 0 radical (unpaired) electrons. The SMILES string of the molecule is C[C@@H](O)[C@H]1C(=O)N2C(C(=O)O)=C(S[C@@H]3CN[C@H](C(O)c4csc5cncn45)C3)[C@H](C)[C@H]12. The van der Waals surface area contributed by atoms with Crippen molar-refractivity contribution in [2.24, 2.45) is 11.8 Å². The summed E-state index contributed by atoms with van der Waals surface area (Å²) in [5, 5.41) is 36.1. The van der Waals surface area contributed by atoms with Crippen LogP contribution in [0.4, 0.5) is 0 Å². The molecule has 3 aliphatic rings. The van der Waals surface area contributed by atoms with Crippen LogP contribution in [-0.2, 0) is 9.59 Å². The van der Waals surface area contributed by atoms with E-state index in [9.17, 15) is 24.9 Å². The summed E-state index contributed by atoms with van der Waals surface area (Å²) in [7, 11) is 0. The number of carboxylic acids is 1. The fraction of sp³-hybridized carbons (Fsp3) is 0.550. The van der Waals surface area contributed by atoms with Crippen molar-refractivity contribution in [3.63, 3.8) is 0 Å². The van der Waals surface area contributed by atoms with Crippen molar-refractivity contribution in [1.29, 1.82) is 0 Å². The van der Waals surface area contributed by atoms with Crippen LogP contribution in [0.15, 0.2) is 28.5 Å². The zero-order valence-electron chi connectivity index (χ0n) is 17.0. The number of aliphatic carboxylic acids is 1. The quantitative estimate of drug-likeness (QED) is 0.467. The first-order chi connectivity index (χ1) is 14.8. The van der Waals surface area contributed by atoms with Crippen LogP contribution in [0.1, 0.15) is 32.1 Å². The van der Waals surface area contributed by atoms with E-state index in [-0.39, 0.29) is 34.9 Å². The van der Waals surface area contributed by atoms with Gasteiger partial charge in [-0.1, -0.05) is 6.92 Å². The van der Waals surface area contributed by atoms with Gasteiger partial charge >= 0.3 is 5.97 Å². The maximum absolute atomic E-state index is 12.5. The molecule has 4 N–H and O–H groups in total. The van der Waals surface area contributed by atoms with Crippen molar-refractivity contribution in [2.45, 2.75) is 49.8 Å². The van der Waals surface area contributed by atoms with E-state index >= 15 is 0 Å². The molecule has 5 rings (SSSR count). The number of rotatable bonds is 6. The standard InChI is InChI=1S/C20H24N4O5S2/c1-8-15-14(9(2)25)19(27)24(15)16(20(28)29)18(8)31-10-3-11(22-4-10)17(26)12-6-30-13-5-21-7-23(12)13/h5-11,14-15,17,22,25-26H,3-4H2,1-2H3,(H,28,29)/t8-,9-,10+,11+,14-,15-,17?/m1/s1. The number of imidazole rings is 1. The number of amides is 1. The van der Waals surface area contributed by atoms with Gasteiger partial charge in [-0.15, -0.1) is 23.1 Å². The van der Waals surface area contributed by atoms with Crippen LogP contribution in [0.3, 0.4) is 0 Å². The number of thiazole rings is 1. The van der Waals surface area contributed by atoms with Gasteiger partial charge in [0.15, 0.2) is 0 Å². The van der Waals surface area contributed by atoms with Crippen molar-refractivity contribution < 1.29 is 24.9 Å². The lowest BCUT2D eigenvalue weighted by molar-refractivity contribution is -0.163. The minimum atomic E-state index is -1.11. The zero-order chi connectivity index (χ0) is 22.0. The summed E-state index contributed by atoms with van der Waals surface area (Å²) in [6.07, 6.45) is 2.60. The van der Waals surface area contributed by atoms with Gasteiger partial charge in [0.25, 0.3) is 0 Å². The Morgan fingerprint density at radius 2 is 2.19 bits per heavy atom. The van der Waals surface area contributed by atoms with E-state index in [0.29, 0.717) is 17.9 Å². The molecule has 11 heteroatoms. The zero-order valence-corrected chi connectivity index (χ0v) is 18.6. The molecule has 0 saturated carbocycles. The third kappa shape index (κ3) is 3.13. The van der Waals surface area contributed by atoms with Crippen molar-refractivity contribution in [3.05, 3.63) is 34.2 Å². The van der Waals surface area contributed by atoms with E-state index in [4.69, 9.17) is 0 Å². The monoisotopic (exact) mass is 464 g/mol. The average molecular weight is 465 g/mol. The van der Waals surface area contributed by atoms with E-state index in [2.05, 4.69) is 10.3 Å². The normalized spacial score (nSPS) is 32.5. The number of carboxylic acid groups (broad SMARTS) is 1. The molecular weight excluding hydrogens is 440 g/mol. The Kier molecular flexibility index (Phi) is 5.13. The Labute approximate surface area is 186 Å². The Balaban J connectivity index is 1.33. The van der Waals surface area contributed by atoms with Gasteiger partial charge in [0.2, 0.25) is 5.91 Å². The van der Waals surface area contributed by atoms with Gasteiger partial charge in [-0.05, 0) is 13.3 Å². The number of carbonyl (C=O) groups is 2. The average Bonchev–Trinajstić information content (AvgIpc) is 3.46. The molecule has 2 fully saturated rings. The van der Waals surface area contributed by atoms with Crippen LogP contribution >= 0.6 is 23.1 Å². The van der Waals surface area contributed by atoms with Gasteiger partial charge < -0.3 is 25.5 Å². The molecule has 166 valence electrons. The van der Waals surface area contributed by atoms with E-state index < -0.39 is 24.1 Å². The van der Waals surface area contributed by atoms with Crippen LogP contribution in [0.2, 0.25) is 0 Å². The Morgan fingerprint density at radius 1 is 1.42 bits per heavy atom. The number of thioether (sulfide) groups is 1. The number of aromatic nitrogens is 2. The maximum Gasteiger partial charge on any atom is 0.353 e. The fourth-order valence-electron chi connectivity index (χ4n) is 5.08. The minimum absolute atomic E-state index is 0.0476. The first kappa shape index (κ1) is 21.0. The van der Waals surface area contributed by atoms with Crippen LogP contribution < -0.4 is 5.32 Å². The number of carbonyl (C=O) groups excluding carboxylic acids is 1. The van der Waals surface area contributed by atoms with Crippen LogP contribution in [0.5, 0.6) is 0 Å². The minimum Gasteiger partial charge on any atom is -0.477 e. The number of hydrogen-bond donors (Lipinski definition) is 4. The summed E-state index contributed by atoms with van der Waals surface area (Å²) in [6.45, 7) is 4.13. The highest BCUT2D eigenvalue weighted by Crippen LogP contribution is 2.52. The molecule has 5 heterocycles. The number of β-lactam (4-membered cyclic amide) rings is 1. The van der Waals surface area contributed by atoms with Gasteiger partial charge in [0.05, 0.1) is 30.0 Å². The second-order valence-corrected chi connectivity index (χ2v) is 10.7. The molecule has 7 atom stereocenters. The van der Waals surface area contributed by atoms with E-state index in [0.717, 1.165) is 10.5 Å². The lowest BCUT2D eigenvalue weighted by Gasteiger charge is -2.46. The van der Waals surface area contributed by atoms with Crippen LogP contribution in [-0.4, -0.2) is 71.5 Å². The molecule has 9 nitrogen and oxygen atoms in total. The van der Waals surface area contributed by atoms with E-state index in [1.54, 1.807) is 19.4 Å². The van der Waals surface area contributed by atoms with Crippen molar-refractivity contribution in [3.8, 4) is 0 Å². The summed E-state index contributed by atoms with van der Waals surface area (Å²) in [6, 6.07) is -0.468. The maximum atomic E-state index is 12.5. The van der Waals surface area contributed by atoms with E-state index in [1.165, 1.54) is 28.0 Å². The van der Waals surface area contributed by atoms with Gasteiger partial charge in [-0.3, -0.25) is 9.20 Å². The second kappa shape index (κ2) is 7.59. The molecule has 3 aliphatic heterocycles. The lowest BCUT2D eigenvalue weighted by Crippen LogP contribution is -2.63. The molecule has 2 saturated heterocycles. The summed E-state index contributed by atoms with van der Waals surface area (Å²) in [5.41, 5.74) is 0.834. The number of aliphatic hydroxyl groups excluding tert-OH is 2. The molecular formula is C20H24N4O5S2. The Morgan fingerprint density at radius 3 is 2.90 bits per heavy atom. The summed E-state index contributed by atoms with van der Waals surface area (Å²) in [4.78, 5) is 31.6. The third-order valence-corrected chi connectivity index (χ3v) is 9.01. The molecule has 2 aromatic heterocycles. The largest absolute Gasteiger partial charge is 0.477 e. The number of nitrogens with one attached hydrogen (secondary N) is 1. The molecule has 0 aromatic carbocycles. The summed E-state index contributed by atoms with van der Waals surface area (Å²) < 4.78 is 1.88. The Bertz CT molecular complexity index is 1080.